The summed E-state index contributed by atoms with van der Waals surface area (Å²) < 4.78 is 36.1. The molecule has 1 atom stereocenters. The van der Waals surface area contributed by atoms with Gasteiger partial charge < -0.3 is 10.2 Å². The minimum atomic E-state index is -4.05. The van der Waals surface area contributed by atoms with Crippen LogP contribution in [0.3, 0.4) is 0 Å². The molecule has 0 aromatic heterocycles. The minimum Gasteiger partial charge on any atom is -0.376 e. The third kappa shape index (κ3) is 7.28. The van der Waals surface area contributed by atoms with Crippen LogP contribution in [0.5, 0.6) is 0 Å². The fourth-order valence-electron chi connectivity index (χ4n) is 2.52. The average molecular weight is 443 g/mol. The first-order chi connectivity index (χ1) is 13.6. The van der Waals surface area contributed by atoms with Gasteiger partial charge in [-0.1, -0.05) is 0 Å². The summed E-state index contributed by atoms with van der Waals surface area (Å²) in [5, 5.41) is 19.7. The summed E-state index contributed by atoms with van der Waals surface area (Å²) >= 11 is 1.50. The van der Waals surface area contributed by atoms with Crippen molar-refractivity contribution < 1.29 is 17.7 Å². The van der Waals surface area contributed by atoms with Gasteiger partial charge in [-0.15, -0.1) is 11.8 Å². The Morgan fingerprint density at radius 2 is 1.90 bits per heavy atom. The minimum absolute atomic E-state index is 0.147. The van der Waals surface area contributed by atoms with Crippen LogP contribution < -0.4 is 10.5 Å². The Kier molecular flexibility index (Phi) is 7.96. The molecule has 0 unspecified atom stereocenters. The Morgan fingerprint density at radius 1 is 1.24 bits per heavy atom. The molecule has 0 aliphatic rings. The monoisotopic (exact) mass is 442 g/mol. The van der Waals surface area contributed by atoms with Gasteiger partial charge in [0.15, 0.2) is 0 Å². The van der Waals surface area contributed by atoms with E-state index in [0.717, 1.165) is 17.5 Å². The lowest BCUT2D eigenvalue weighted by Gasteiger charge is -2.21. The molecule has 0 aliphatic carbocycles. The average Bonchev–Trinajstić information content (AvgIpc) is 2.64. The van der Waals surface area contributed by atoms with E-state index in [1.54, 1.807) is 12.1 Å². The first-order valence-electron chi connectivity index (χ1n) is 8.67. The molecule has 11 heteroatoms. The number of sulfonamides is 1. The van der Waals surface area contributed by atoms with Gasteiger partial charge in [0, 0.05) is 22.8 Å². The molecule has 0 amide bonds. The molecule has 0 heterocycles. The maximum absolute atomic E-state index is 13.1. The van der Waals surface area contributed by atoms with E-state index in [0.29, 0.717) is 12.2 Å². The zero-order valence-corrected chi connectivity index (χ0v) is 17.7. The van der Waals surface area contributed by atoms with E-state index in [9.17, 15) is 22.9 Å². The van der Waals surface area contributed by atoms with E-state index in [1.165, 1.54) is 36.0 Å². The van der Waals surface area contributed by atoms with E-state index < -0.39 is 14.9 Å². The molecular formula is C18H23FN4O4S2. The van der Waals surface area contributed by atoms with Gasteiger partial charge in [-0.25, -0.2) is 17.9 Å². The van der Waals surface area contributed by atoms with Gasteiger partial charge >= 0.3 is 0 Å². The van der Waals surface area contributed by atoms with Gasteiger partial charge in [0.25, 0.3) is 5.69 Å². The van der Waals surface area contributed by atoms with Crippen LogP contribution >= 0.6 is 11.8 Å². The summed E-state index contributed by atoms with van der Waals surface area (Å²) in [4.78, 5) is 13.3. The number of nitrogens with one attached hydrogen (secondary N) is 1. The Bertz CT molecular complexity index is 953. The van der Waals surface area contributed by atoms with Gasteiger partial charge in [0.2, 0.25) is 10.0 Å². The number of nitro groups is 1. The predicted octanol–water partition coefficient (Wildman–Crippen LogP) is 2.91. The first-order valence-corrected chi connectivity index (χ1v) is 11.2. The molecule has 2 rings (SSSR count). The molecule has 0 spiro atoms. The Morgan fingerprint density at radius 3 is 2.45 bits per heavy atom. The van der Waals surface area contributed by atoms with Crippen LogP contribution in [0.15, 0.2) is 52.3 Å². The lowest BCUT2D eigenvalue weighted by atomic mass is 10.2. The topological polar surface area (TPSA) is 119 Å². The van der Waals surface area contributed by atoms with Crippen LogP contribution in [0, 0.1) is 15.9 Å². The highest BCUT2D eigenvalue weighted by Gasteiger charge is 2.21. The number of hydrogen-bond donors (Lipinski definition) is 2. The van der Waals surface area contributed by atoms with Gasteiger partial charge in [0.1, 0.15) is 11.5 Å². The summed E-state index contributed by atoms with van der Waals surface area (Å²) in [6, 6.07) is 9.49. The molecule has 8 nitrogen and oxygen atoms in total. The zero-order chi connectivity index (χ0) is 21.6. The first kappa shape index (κ1) is 23.1. The zero-order valence-electron chi connectivity index (χ0n) is 16.0. The highest BCUT2D eigenvalue weighted by atomic mass is 32.2. The highest BCUT2D eigenvalue weighted by molar-refractivity contribution is 7.99. The van der Waals surface area contributed by atoms with Crippen molar-refractivity contribution in [1.82, 2.24) is 4.90 Å². The van der Waals surface area contributed by atoms with E-state index in [-0.39, 0.29) is 28.1 Å². The smallest absolute Gasteiger partial charge is 0.293 e. The molecule has 2 aromatic carbocycles. The lowest BCUT2D eigenvalue weighted by Crippen LogP contribution is -2.28. The molecule has 2 aromatic rings. The van der Waals surface area contributed by atoms with Crippen LogP contribution in [-0.2, 0) is 10.0 Å². The summed E-state index contributed by atoms with van der Waals surface area (Å²) in [6.07, 6.45) is 0.690. The lowest BCUT2D eigenvalue weighted by molar-refractivity contribution is -0.384. The van der Waals surface area contributed by atoms with Crippen molar-refractivity contribution in [2.75, 3.05) is 31.7 Å². The largest absolute Gasteiger partial charge is 0.376 e. The molecule has 0 saturated carbocycles. The standard InChI is InChI=1S/C18H23FN4O4S2/c1-22(2)10-9-14(12-28-15-5-3-13(19)4-6-15)21-17-8-7-16(29(20,26)27)11-18(17)23(24)25/h3-8,11,14,21H,9-10,12H2,1-2H3,(H2,20,26,27)/t14-/m1/s1. The SMILES string of the molecule is CN(C)CC[C@H](CSc1ccc(F)cc1)Nc1ccc(S(N)(=O)=O)cc1[N+](=O)[O-]. The van der Waals surface area contributed by atoms with Crippen LogP contribution in [0.1, 0.15) is 6.42 Å². The van der Waals surface area contributed by atoms with Crippen molar-refractivity contribution in [3.8, 4) is 0 Å². The maximum Gasteiger partial charge on any atom is 0.293 e. The number of rotatable bonds is 10. The molecule has 0 bridgehead atoms. The van der Waals surface area contributed by atoms with E-state index in [1.807, 2.05) is 19.0 Å². The number of thioether (sulfide) groups is 1. The van der Waals surface area contributed by atoms with Crippen molar-refractivity contribution in [1.29, 1.82) is 0 Å². The van der Waals surface area contributed by atoms with Gasteiger partial charge in [-0.05, 0) is 63.5 Å². The predicted molar refractivity (Wildman–Crippen MR) is 112 cm³/mol. The summed E-state index contributed by atoms with van der Waals surface area (Å²) in [6.45, 7) is 0.741. The quantitative estimate of drug-likeness (QED) is 0.330. The van der Waals surface area contributed by atoms with Crippen molar-refractivity contribution in [3.63, 3.8) is 0 Å². The van der Waals surface area contributed by atoms with E-state index in [4.69, 9.17) is 5.14 Å². The molecule has 0 fully saturated rings. The Hall–Kier alpha value is -2.21. The van der Waals surface area contributed by atoms with Gasteiger partial charge in [0.05, 0.1) is 9.82 Å². The third-order valence-corrected chi connectivity index (χ3v) is 6.13. The second-order valence-corrected chi connectivity index (χ2v) is 9.33. The number of primary sulfonamides is 1. The van der Waals surface area contributed by atoms with Crippen LogP contribution in [0.2, 0.25) is 0 Å². The molecule has 158 valence electrons. The third-order valence-electron chi connectivity index (χ3n) is 4.04. The molecule has 0 radical (unpaired) electrons. The van der Waals surface area contributed by atoms with Crippen LogP contribution in [0.4, 0.5) is 15.8 Å². The number of nitrogens with zero attached hydrogens (tertiary/aromatic N) is 2. The summed E-state index contributed by atoms with van der Waals surface area (Å²) in [5.41, 5.74) is -0.149. The normalized spacial score (nSPS) is 12.7. The van der Waals surface area contributed by atoms with Crippen molar-refractivity contribution >= 4 is 33.2 Å². The molecule has 0 aliphatic heterocycles. The van der Waals surface area contributed by atoms with Gasteiger partial charge in [-0.3, -0.25) is 10.1 Å². The second kappa shape index (κ2) is 10.0. The molecule has 0 saturated heterocycles. The number of hydrogen-bond acceptors (Lipinski definition) is 7. The Balaban J connectivity index is 2.22. The fraction of sp³-hybridized carbons (Fsp3) is 0.333. The van der Waals surface area contributed by atoms with E-state index in [2.05, 4.69) is 5.32 Å². The molecule has 3 N–H and O–H groups in total. The summed E-state index contributed by atoms with van der Waals surface area (Å²) in [5.74, 6) is 0.260. The maximum atomic E-state index is 13.1. The fourth-order valence-corrected chi connectivity index (χ4v) is 4.03. The highest BCUT2D eigenvalue weighted by Crippen LogP contribution is 2.29. The molecular weight excluding hydrogens is 419 g/mol. The number of nitro benzene ring substituents is 1. The summed E-state index contributed by atoms with van der Waals surface area (Å²) in [7, 11) is -0.201. The van der Waals surface area contributed by atoms with Gasteiger partial charge in [-0.2, -0.15) is 0 Å². The van der Waals surface area contributed by atoms with Crippen molar-refractivity contribution in [2.24, 2.45) is 5.14 Å². The van der Waals surface area contributed by atoms with Crippen molar-refractivity contribution in [2.45, 2.75) is 22.3 Å². The van der Waals surface area contributed by atoms with Crippen molar-refractivity contribution in [3.05, 3.63) is 58.4 Å². The number of benzene rings is 2. The number of halogens is 1. The Labute approximate surface area is 173 Å². The molecule has 29 heavy (non-hydrogen) atoms. The van der Waals surface area contributed by atoms with Crippen LogP contribution in [-0.4, -0.2) is 50.7 Å². The van der Waals surface area contributed by atoms with Crippen LogP contribution in [0.25, 0.3) is 0 Å². The number of nitrogens with two attached hydrogens (primary N) is 1. The second-order valence-electron chi connectivity index (χ2n) is 6.68. The number of anilines is 1. The van der Waals surface area contributed by atoms with E-state index >= 15 is 0 Å².